The molecule has 5 heteroatoms. The number of nitrogens with two attached hydrogens (primary N) is 1. The van der Waals surface area contributed by atoms with E-state index in [1.807, 2.05) is 4.68 Å². The molecule has 0 spiro atoms. The van der Waals surface area contributed by atoms with Crippen LogP contribution in [0, 0.1) is 0 Å². The molecule has 0 aliphatic carbocycles. The van der Waals surface area contributed by atoms with Crippen LogP contribution in [0.25, 0.3) is 0 Å². The van der Waals surface area contributed by atoms with Crippen molar-refractivity contribution in [2.45, 2.75) is 31.9 Å². The first-order valence-corrected chi connectivity index (χ1v) is 5.87. The minimum absolute atomic E-state index is 0.335. The number of fused-ring (bicyclic) bond motifs is 1. The van der Waals surface area contributed by atoms with E-state index in [9.17, 15) is 0 Å². The maximum absolute atomic E-state index is 5.94. The summed E-state index contributed by atoms with van der Waals surface area (Å²) in [7, 11) is 0. The molecule has 2 aliphatic rings. The van der Waals surface area contributed by atoms with Gasteiger partial charge in [0.05, 0.1) is 31.6 Å². The monoisotopic (exact) mass is 223 g/mol. The van der Waals surface area contributed by atoms with Crippen molar-refractivity contribution in [1.29, 1.82) is 0 Å². The van der Waals surface area contributed by atoms with Gasteiger partial charge in [-0.1, -0.05) is 0 Å². The Labute approximate surface area is 94.5 Å². The first-order chi connectivity index (χ1) is 7.86. The molecule has 0 radical (unpaired) electrons. The van der Waals surface area contributed by atoms with Crippen molar-refractivity contribution in [2.24, 2.45) is 0 Å². The summed E-state index contributed by atoms with van der Waals surface area (Å²) in [4.78, 5) is 0. The molecule has 2 aliphatic heterocycles. The average Bonchev–Trinajstić information content (AvgIpc) is 2.69. The van der Waals surface area contributed by atoms with Gasteiger partial charge in [0.2, 0.25) is 0 Å². The van der Waals surface area contributed by atoms with Crippen LogP contribution in [0.4, 0.5) is 5.82 Å². The van der Waals surface area contributed by atoms with Crippen molar-refractivity contribution in [3.63, 3.8) is 0 Å². The van der Waals surface area contributed by atoms with Crippen LogP contribution in [0.2, 0.25) is 0 Å². The number of hydrogen-bond donors (Lipinski definition) is 1. The fraction of sp³-hybridized carbons (Fsp3) is 0.727. The Morgan fingerprint density at radius 3 is 3.06 bits per heavy atom. The smallest absolute Gasteiger partial charge is 0.149 e. The molecule has 1 aromatic heterocycles. The first kappa shape index (κ1) is 10.1. The molecular formula is C11H17N3O2. The molecule has 5 nitrogen and oxygen atoms in total. The van der Waals surface area contributed by atoms with Gasteiger partial charge in [-0.25, -0.2) is 0 Å². The van der Waals surface area contributed by atoms with Crippen LogP contribution < -0.4 is 5.73 Å². The molecule has 0 amide bonds. The lowest BCUT2D eigenvalue weighted by Crippen LogP contribution is -2.25. The summed E-state index contributed by atoms with van der Waals surface area (Å²) in [5.41, 5.74) is 8.27. The third-order valence-electron chi connectivity index (χ3n) is 3.37. The fourth-order valence-electron chi connectivity index (χ4n) is 2.51. The Hall–Kier alpha value is -1.07. The highest BCUT2D eigenvalue weighted by atomic mass is 16.5. The van der Waals surface area contributed by atoms with Gasteiger partial charge in [-0.05, 0) is 12.8 Å². The van der Waals surface area contributed by atoms with Crippen molar-refractivity contribution in [2.75, 3.05) is 25.6 Å². The molecule has 0 aromatic carbocycles. The lowest BCUT2D eigenvalue weighted by Gasteiger charge is -2.25. The minimum Gasteiger partial charge on any atom is -0.382 e. The standard InChI is InChI=1S/C11H17N3O2/c12-11-9-3-5-16-7-10(9)14(13-11)8-2-1-4-15-6-8/h8H,1-7H2,(H2,12,13). The van der Waals surface area contributed by atoms with Crippen LogP contribution in [-0.2, 0) is 22.5 Å². The zero-order chi connectivity index (χ0) is 11.0. The summed E-state index contributed by atoms with van der Waals surface area (Å²) in [6, 6.07) is 0.335. The largest absolute Gasteiger partial charge is 0.382 e. The third-order valence-corrected chi connectivity index (χ3v) is 3.37. The van der Waals surface area contributed by atoms with Crippen LogP contribution in [0.3, 0.4) is 0 Å². The summed E-state index contributed by atoms with van der Waals surface area (Å²) >= 11 is 0. The number of hydrogen-bond acceptors (Lipinski definition) is 4. The summed E-state index contributed by atoms with van der Waals surface area (Å²) in [6.45, 7) is 3.00. The normalized spacial score (nSPS) is 25.4. The van der Waals surface area contributed by atoms with Gasteiger partial charge in [-0.15, -0.1) is 0 Å². The van der Waals surface area contributed by atoms with E-state index in [0.29, 0.717) is 18.5 Å². The maximum Gasteiger partial charge on any atom is 0.149 e. The van der Waals surface area contributed by atoms with Crippen molar-refractivity contribution in [3.8, 4) is 0 Å². The van der Waals surface area contributed by atoms with Crippen LogP contribution >= 0.6 is 0 Å². The van der Waals surface area contributed by atoms with E-state index in [1.165, 1.54) is 5.56 Å². The molecule has 16 heavy (non-hydrogen) atoms. The number of nitrogen functional groups attached to an aromatic ring is 1. The third kappa shape index (κ3) is 1.60. The van der Waals surface area contributed by atoms with E-state index in [2.05, 4.69) is 5.10 Å². The Balaban J connectivity index is 1.93. The quantitative estimate of drug-likeness (QED) is 0.768. The summed E-state index contributed by atoms with van der Waals surface area (Å²) in [5.74, 6) is 0.670. The Morgan fingerprint density at radius 2 is 2.25 bits per heavy atom. The number of ether oxygens (including phenoxy) is 2. The van der Waals surface area contributed by atoms with Gasteiger partial charge < -0.3 is 15.2 Å². The molecule has 88 valence electrons. The van der Waals surface area contributed by atoms with Gasteiger partial charge in [-0.3, -0.25) is 4.68 Å². The molecule has 3 rings (SSSR count). The predicted molar refractivity (Wildman–Crippen MR) is 59.1 cm³/mol. The highest BCUT2D eigenvalue weighted by Crippen LogP contribution is 2.28. The first-order valence-electron chi connectivity index (χ1n) is 5.87. The second-order valence-electron chi connectivity index (χ2n) is 4.43. The van der Waals surface area contributed by atoms with Crippen LogP contribution in [0.15, 0.2) is 0 Å². The van der Waals surface area contributed by atoms with Gasteiger partial charge in [0.1, 0.15) is 5.82 Å². The summed E-state index contributed by atoms with van der Waals surface area (Å²) in [5, 5.41) is 4.45. The molecule has 0 bridgehead atoms. The second kappa shape index (κ2) is 4.07. The number of rotatable bonds is 1. The van der Waals surface area contributed by atoms with Crippen LogP contribution in [0.1, 0.15) is 30.1 Å². The van der Waals surface area contributed by atoms with Crippen LogP contribution in [-0.4, -0.2) is 29.6 Å². The van der Waals surface area contributed by atoms with E-state index in [4.69, 9.17) is 15.2 Å². The van der Waals surface area contributed by atoms with Gasteiger partial charge in [0.15, 0.2) is 0 Å². The zero-order valence-electron chi connectivity index (χ0n) is 9.32. The lowest BCUT2D eigenvalue weighted by atomic mass is 10.1. The highest BCUT2D eigenvalue weighted by molar-refractivity contribution is 5.43. The molecule has 0 saturated carbocycles. The van der Waals surface area contributed by atoms with Gasteiger partial charge in [0, 0.05) is 18.6 Å². The van der Waals surface area contributed by atoms with E-state index in [1.54, 1.807) is 0 Å². The van der Waals surface area contributed by atoms with E-state index >= 15 is 0 Å². The molecule has 1 aromatic rings. The molecule has 1 atom stereocenters. The Bertz CT molecular complexity index is 383. The topological polar surface area (TPSA) is 62.3 Å². The zero-order valence-corrected chi connectivity index (χ0v) is 9.32. The molecule has 1 unspecified atom stereocenters. The van der Waals surface area contributed by atoms with Crippen molar-refractivity contribution >= 4 is 5.82 Å². The Kier molecular flexibility index (Phi) is 2.57. The highest BCUT2D eigenvalue weighted by Gasteiger charge is 2.25. The van der Waals surface area contributed by atoms with Gasteiger partial charge in [-0.2, -0.15) is 5.10 Å². The van der Waals surface area contributed by atoms with Gasteiger partial charge in [0.25, 0.3) is 0 Å². The molecule has 1 fully saturated rings. The van der Waals surface area contributed by atoms with Crippen molar-refractivity contribution < 1.29 is 9.47 Å². The van der Waals surface area contributed by atoms with E-state index in [0.717, 1.165) is 44.8 Å². The number of nitrogens with zero attached hydrogens (tertiary/aromatic N) is 2. The summed E-state index contributed by atoms with van der Waals surface area (Å²) in [6.07, 6.45) is 3.10. The predicted octanol–water partition coefficient (Wildman–Crippen LogP) is 0.889. The number of aromatic nitrogens is 2. The number of anilines is 1. The minimum atomic E-state index is 0.335. The fourth-order valence-corrected chi connectivity index (χ4v) is 2.51. The van der Waals surface area contributed by atoms with Gasteiger partial charge >= 0.3 is 0 Å². The van der Waals surface area contributed by atoms with E-state index in [-0.39, 0.29) is 0 Å². The van der Waals surface area contributed by atoms with E-state index < -0.39 is 0 Å². The average molecular weight is 223 g/mol. The Morgan fingerprint density at radius 1 is 1.31 bits per heavy atom. The summed E-state index contributed by atoms with van der Waals surface area (Å²) < 4.78 is 13.0. The second-order valence-corrected chi connectivity index (χ2v) is 4.43. The SMILES string of the molecule is Nc1nn(C2CCCOC2)c2c1CCOC2. The molecule has 1 saturated heterocycles. The van der Waals surface area contributed by atoms with Crippen molar-refractivity contribution in [1.82, 2.24) is 9.78 Å². The molecular weight excluding hydrogens is 206 g/mol. The lowest BCUT2D eigenvalue weighted by molar-refractivity contribution is 0.0476. The molecule has 3 heterocycles. The maximum atomic E-state index is 5.94. The van der Waals surface area contributed by atoms with Crippen molar-refractivity contribution in [3.05, 3.63) is 11.3 Å². The molecule has 2 N–H and O–H groups in total. The van der Waals surface area contributed by atoms with Crippen LogP contribution in [0.5, 0.6) is 0 Å².